The molecule has 0 aromatic carbocycles. The molecule has 23 heavy (non-hydrogen) atoms. The van der Waals surface area contributed by atoms with E-state index in [9.17, 15) is 31.9 Å². The Hall–Kier alpha value is -1.22. The van der Waals surface area contributed by atoms with Crippen LogP contribution in [0.2, 0.25) is 0 Å². The number of carbonyl (C=O) groups excluding carboxylic acids is 1. The molecule has 2 bridgehead atoms. The maximum atomic E-state index is 14.2. The topological polar surface area (TPSA) is 55.8 Å². The Labute approximate surface area is 128 Å². The van der Waals surface area contributed by atoms with E-state index >= 15 is 0 Å². The summed E-state index contributed by atoms with van der Waals surface area (Å²) >= 11 is 0. The lowest BCUT2D eigenvalue weighted by Crippen LogP contribution is -2.63. The molecular formula is C14H15F5O4. The first kappa shape index (κ1) is 16.6. The number of fused-ring (bicyclic) bond motifs is 2. The number of carbonyl (C=O) groups is 1. The summed E-state index contributed by atoms with van der Waals surface area (Å²) in [7, 11) is 0. The molecular weight excluding hydrogens is 327 g/mol. The molecule has 1 saturated heterocycles. The number of hydrogen-bond donors (Lipinski definition) is 1. The molecule has 0 aromatic heterocycles. The van der Waals surface area contributed by atoms with E-state index in [1.807, 2.05) is 6.08 Å². The second-order valence-electron chi connectivity index (χ2n) is 6.54. The maximum Gasteiger partial charge on any atom is 0.449 e. The van der Waals surface area contributed by atoms with E-state index in [1.165, 1.54) is 0 Å². The van der Waals surface area contributed by atoms with Gasteiger partial charge in [0.15, 0.2) is 0 Å². The van der Waals surface area contributed by atoms with Crippen molar-refractivity contribution in [1.29, 1.82) is 0 Å². The molecule has 4 nitrogen and oxygen atoms in total. The average molecular weight is 342 g/mol. The zero-order valence-electron chi connectivity index (χ0n) is 12.1. The van der Waals surface area contributed by atoms with Crippen LogP contribution in [0, 0.1) is 17.8 Å². The van der Waals surface area contributed by atoms with Crippen LogP contribution < -0.4 is 0 Å². The molecule has 1 saturated carbocycles. The van der Waals surface area contributed by atoms with Crippen LogP contribution in [0.3, 0.4) is 0 Å². The Morgan fingerprint density at radius 2 is 1.96 bits per heavy atom. The third-order valence-corrected chi connectivity index (χ3v) is 4.94. The summed E-state index contributed by atoms with van der Waals surface area (Å²) in [6.45, 7) is -0.615. The van der Waals surface area contributed by atoms with Gasteiger partial charge in [0.1, 0.15) is 0 Å². The van der Waals surface area contributed by atoms with Crippen LogP contribution in [-0.2, 0) is 14.3 Å². The predicted molar refractivity (Wildman–Crippen MR) is 65.2 cm³/mol. The highest BCUT2D eigenvalue weighted by atomic mass is 19.4. The molecule has 1 heterocycles. The highest BCUT2D eigenvalue weighted by Gasteiger charge is 2.82. The van der Waals surface area contributed by atoms with Crippen molar-refractivity contribution in [2.45, 2.75) is 43.3 Å². The van der Waals surface area contributed by atoms with Crippen molar-refractivity contribution in [2.75, 3.05) is 6.61 Å². The molecule has 2 aliphatic carbocycles. The van der Waals surface area contributed by atoms with Crippen molar-refractivity contribution in [1.82, 2.24) is 0 Å². The van der Waals surface area contributed by atoms with Gasteiger partial charge in [-0.2, -0.15) is 22.0 Å². The molecule has 5 unspecified atom stereocenters. The molecule has 0 amide bonds. The van der Waals surface area contributed by atoms with Crippen LogP contribution >= 0.6 is 0 Å². The van der Waals surface area contributed by atoms with Gasteiger partial charge in [-0.25, -0.2) is 0 Å². The second kappa shape index (κ2) is 4.66. The molecule has 3 rings (SSSR count). The number of rotatable bonds is 2. The molecule has 0 spiro atoms. The van der Waals surface area contributed by atoms with Gasteiger partial charge in [0.2, 0.25) is 5.60 Å². The minimum absolute atomic E-state index is 0.145. The standard InChI is InChI=1S/C14H15F5O4/c1-11(6-22-13(21,12(11,15)16)14(17,18)19)23-10(20)9-5-7-2-3-8(9)4-7/h2-3,7-9,21H,4-6H2,1H3. The summed E-state index contributed by atoms with van der Waals surface area (Å²) in [6, 6.07) is 0. The maximum absolute atomic E-state index is 14.2. The summed E-state index contributed by atoms with van der Waals surface area (Å²) in [6.07, 6.45) is -0.888. The molecule has 0 radical (unpaired) electrons. The molecule has 2 fully saturated rings. The smallest absolute Gasteiger partial charge is 0.449 e. The Kier molecular flexibility index (Phi) is 3.37. The largest absolute Gasteiger partial charge is 0.450 e. The lowest BCUT2D eigenvalue weighted by molar-refractivity contribution is -0.409. The van der Waals surface area contributed by atoms with E-state index < -0.39 is 42.0 Å². The Morgan fingerprint density at radius 1 is 1.30 bits per heavy atom. The number of hydrogen-bond acceptors (Lipinski definition) is 4. The first-order valence-electron chi connectivity index (χ1n) is 7.13. The summed E-state index contributed by atoms with van der Waals surface area (Å²) in [5, 5.41) is 9.27. The second-order valence-corrected chi connectivity index (χ2v) is 6.54. The van der Waals surface area contributed by atoms with Crippen LogP contribution in [0.1, 0.15) is 19.8 Å². The predicted octanol–water partition coefficient (Wildman–Crippen LogP) is 2.42. The molecule has 3 aliphatic rings. The van der Waals surface area contributed by atoms with Gasteiger partial charge in [-0.3, -0.25) is 4.79 Å². The summed E-state index contributed by atoms with van der Waals surface area (Å²) in [5.41, 5.74) is -2.89. The molecule has 1 N–H and O–H groups in total. The molecule has 0 aromatic rings. The van der Waals surface area contributed by atoms with Gasteiger partial charge >= 0.3 is 23.9 Å². The SMILES string of the molecule is CC1(OC(=O)C2CC3C=CC2C3)COC(O)(C(F)(F)F)C1(F)F. The van der Waals surface area contributed by atoms with Crippen LogP contribution in [0.5, 0.6) is 0 Å². The zero-order valence-corrected chi connectivity index (χ0v) is 12.1. The highest BCUT2D eigenvalue weighted by molar-refractivity contribution is 5.74. The van der Waals surface area contributed by atoms with Crippen molar-refractivity contribution in [2.24, 2.45) is 17.8 Å². The van der Waals surface area contributed by atoms with Gasteiger partial charge in [0.05, 0.1) is 12.5 Å². The van der Waals surface area contributed by atoms with Gasteiger partial charge in [-0.05, 0) is 31.6 Å². The first-order chi connectivity index (χ1) is 10.4. The van der Waals surface area contributed by atoms with Crippen LogP contribution in [-0.4, -0.2) is 41.2 Å². The summed E-state index contributed by atoms with van der Waals surface area (Å²) < 4.78 is 75.3. The molecule has 9 heteroatoms. The lowest BCUT2D eigenvalue weighted by atomic mass is 9.91. The summed E-state index contributed by atoms with van der Waals surface area (Å²) in [5.74, 6) is -11.1. The average Bonchev–Trinajstić information content (AvgIpc) is 3.09. The first-order valence-corrected chi connectivity index (χ1v) is 7.13. The zero-order chi connectivity index (χ0) is 17.3. The van der Waals surface area contributed by atoms with Crippen molar-refractivity contribution < 1.29 is 41.3 Å². The van der Waals surface area contributed by atoms with Crippen molar-refractivity contribution in [3.63, 3.8) is 0 Å². The van der Waals surface area contributed by atoms with E-state index in [2.05, 4.69) is 4.74 Å². The Morgan fingerprint density at radius 3 is 2.39 bits per heavy atom. The van der Waals surface area contributed by atoms with Gasteiger partial charge in [-0.15, -0.1) is 0 Å². The quantitative estimate of drug-likeness (QED) is 0.476. The number of halogens is 5. The summed E-state index contributed by atoms with van der Waals surface area (Å²) in [4.78, 5) is 12.1. The third-order valence-electron chi connectivity index (χ3n) is 4.94. The highest BCUT2D eigenvalue weighted by Crippen LogP contribution is 2.55. The number of allylic oxidation sites excluding steroid dienone is 2. The minimum Gasteiger partial charge on any atom is -0.450 e. The monoisotopic (exact) mass is 342 g/mol. The van der Waals surface area contributed by atoms with Gasteiger partial charge in [0.25, 0.3) is 0 Å². The van der Waals surface area contributed by atoms with E-state index in [0.29, 0.717) is 19.8 Å². The number of alkyl halides is 5. The van der Waals surface area contributed by atoms with Crippen LogP contribution in [0.15, 0.2) is 12.2 Å². The van der Waals surface area contributed by atoms with Crippen molar-refractivity contribution in [3.05, 3.63) is 12.2 Å². The van der Waals surface area contributed by atoms with E-state index in [4.69, 9.17) is 4.74 Å². The van der Waals surface area contributed by atoms with Gasteiger partial charge in [0, 0.05) is 0 Å². The number of esters is 1. The van der Waals surface area contributed by atoms with Crippen LogP contribution in [0.4, 0.5) is 22.0 Å². The molecule has 130 valence electrons. The normalized spacial score (nSPS) is 44.7. The number of aliphatic hydroxyl groups is 1. The lowest BCUT2D eigenvalue weighted by Gasteiger charge is -2.36. The van der Waals surface area contributed by atoms with Crippen molar-refractivity contribution in [3.8, 4) is 0 Å². The Bertz CT molecular complexity index is 560. The molecule has 5 atom stereocenters. The number of ether oxygens (including phenoxy) is 2. The molecule has 1 aliphatic heterocycles. The fourth-order valence-corrected chi connectivity index (χ4v) is 3.48. The van der Waals surface area contributed by atoms with E-state index in [1.54, 1.807) is 6.08 Å². The van der Waals surface area contributed by atoms with Gasteiger partial charge in [-0.1, -0.05) is 12.2 Å². The fraction of sp³-hybridized carbons (Fsp3) is 0.786. The van der Waals surface area contributed by atoms with Crippen LogP contribution in [0.25, 0.3) is 0 Å². The van der Waals surface area contributed by atoms with E-state index in [0.717, 1.165) is 0 Å². The van der Waals surface area contributed by atoms with Crippen molar-refractivity contribution >= 4 is 5.97 Å². The van der Waals surface area contributed by atoms with Gasteiger partial charge < -0.3 is 14.6 Å². The third kappa shape index (κ3) is 2.12. The Balaban J connectivity index is 1.80. The van der Waals surface area contributed by atoms with E-state index in [-0.39, 0.29) is 11.8 Å². The fourth-order valence-electron chi connectivity index (χ4n) is 3.48. The minimum atomic E-state index is -5.73.